The van der Waals surface area contributed by atoms with E-state index in [1.807, 2.05) is 0 Å². The third-order valence-corrected chi connectivity index (χ3v) is 3.62. The monoisotopic (exact) mass is 394 g/mol. The molecule has 26 heavy (non-hydrogen) atoms. The molecule has 0 spiro atoms. The van der Waals surface area contributed by atoms with Gasteiger partial charge in [-0.15, -0.1) is 0 Å². The first-order chi connectivity index (χ1) is 12.2. The Balaban J connectivity index is 2.15. The standard InChI is InChI=1S/C16H12Cl2N4O4/c17-11-1-3-13(23)9(5-11)7-21(19)15(25)16(26)22(20)8-10-6-12(18)2-4-14(10)24/h1-8H,19-20H2. The van der Waals surface area contributed by atoms with Gasteiger partial charge < -0.3 is 0 Å². The highest BCUT2D eigenvalue weighted by Crippen LogP contribution is 2.17. The molecule has 0 saturated carbocycles. The molecule has 134 valence electrons. The molecular formula is C16H12Cl2N4O4. The summed E-state index contributed by atoms with van der Waals surface area (Å²) in [6.45, 7) is 0. The molecule has 0 aromatic rings. The van der Waals surface area contributed by atoms with E-state index in [0.717, 1.165) is 12.4 Å². The fourth-order valence-electron chi connectivity index (χ4n) is 1.88. The molecule has 0 atom stereocenters. The van der Waals surface area contributed by atoms with Crippen molar-refractivity contribution in [3.05, 3.63) is 70.1 Å². The van der Waals surface area contributed by atoms with E-state index in [2.05, 4.69) is 0 Å². The molecule has 2 aliphatic carbocycles. The van der Waals surface area contributed by atoms with Crippen molar-refractivity contribution in [3.8, 4) is 0 Å². The Morgan fingerprint density at radius 3 is 1.46 bits per heavy atom. The largest absolute Gasteiger partial charge is 0.331 e. The van der Waals surface area contributed by atoms with E-state index >= 15 is 0 Å². The lowest BCUT2D eigenvalue weighted by atomic mass is 10.1. The third-order valence-electron chi connectivity index (χ3n) is 3.15. The highest BCUT2D eigenvalue weighted by atomic mass is 35.5. The van der Waals surface area contributed by atoms with Gasteiger partial charge in [0.15, 0.2) is 11.6 Å². The van der Waals surface area contributed by atoms with E-state index < -0.39 is 23.4 Å². The van der Waals surface area contributed by atoms with E-state index in [4.69, 9.17) is 34.9 Å². The van der Waals surface area contributed by atoms with Crippen LogP contribution >= 0.6 is 23.2 Å². The van der Waals surface area contributed by atoms with Gasteiger partial charge in [0.1, 0.15) is 0 Å². The van der Waals surface area contributed by atoms with Gasteiger partial charge in [-0.05, 0) is 36.5 Å². The molecule has 2 rings (SSSR count). The van der Waals surface area contributed by atoms with Crippen LogP contribution in [0.4, 0.5) is 0 Å². The number of carbonyl (C=O) groups is 4. The SMILES string of the molecule is NN(C=C1C=C(Cl)C=CC1=O)C(=O)C(=O)N(N)C=C1C=C(Cl)C=CC1=O. The first-order valence-corrected chi connectivity index (χ1v) is 7.73. The lowest BCUT2D eigenvalue weighted by Gasteiger charge is -2.17. The predicted octanol–water partition coefficient (Wildman–Crippen LogP) is 0.682. The first kappa shape index (κ1) is 19.5. The van der Waals surface area contributed by atoms with E-state index in [-0.39, 0.29) is 21.2 Å². The van der Waals surface area contributed by atoms with Crippen molar-refractivity contribution < 1.29 is 19.2 Å². The number of rotatable bonds is 2. The fourth-order valence-corrected chi connectivity index (χ4v) is 2.24. The van der Waals surface area contributed by atoms with Gasteiger partial charge in [0.2, 0.25) is 0 Å². The lowest BCUT2D eigenvalue weighted by molar-refractivity contribution is -0.149. The van der Waals surface area contributed by atoms with Crippen molar-refractivity contribution >= 4 is 46.6 Å². The molecule has 0 unspecified atom stereocenters. The maximum absolute atomic E-state index is 12.1. The molecule has 0 radical (unpaired) electrons. The zero-order chi connectivity index (χ0) is 19.4. The minimum absolute atomic E-state index is 0.00499. The normalized spacial score (nSPS) is 19.5. The number of nitrogens with zero attached hydrogens (tertiary/aromatic N) is 2. The van der Waals surface area contributed by atoms with Gasteiger partial charge in [-0.25, -0.2) is 21.7 Å². The Labute approximate surface area is 157 Å². The minimum atomic E-state index is -1.24. The van der Waals surface area contributed by atoms with E-state index in [1.54, 1.807) is 0 Å². The Hall–Kier alpha value is -2.78. The maximum atomic E-state index is 12.1. The summed E-state index contributed by atoms with van der Waals surface area (Å²) in [6.07, 6.45) is 9.57. The summed E-state index contributed by atoms with van der Waals surface area (Å²) in [7, 11) is 0. The lowest BCUT2D eigenvalue weighted by Crippen LogP contribution is -2.47. The Bertz CT molecular complexity index is 809. The van der Waals surface area contributed by atoms with Crippen molar-refractivity contribution in [2.45, 2.75) is 0 Å². The zero-order valence-corrected chi connectivity index (χ0v) is 14.6. The van der Waals surface area contributed by atoms with E-state index in [1.165, 1.54) is 36.5 Å². The second-order valence-electron chi connectivity index (χ2n) is 5.05. The zero-order valence-electron chi connectivity index (χ0n) is 13.1. The van der Waals surface area contributed by atoms with Crippen LogP contribution in [0.25, 0.3) is 0 Å². The number of hydrogen-bond acceptors (Lipinski definition) is 6. The van der Waals surface area contributed by atoms with Gasteiger partial charge in [-0.3, -0.25) is 19.2 Å². The molecule has 0 saturated heterocycles. The molecule has 0 heterocycles. The van der Waals surface area contributed by atoms with Crippen molar-refractivity contribution in [1.82, 2.24) is 10.0 Å². The van der Waals surface area contributed by atoms with Crippen molar-refractivity contribution in [2.75, 3.05) is 0 Å². The van der Waals surface area contributed by atoms with Gasteiger partial charge in [0.25, 0.3) is 0 Å². The topological polar surface area (TPSA) is 127 Å². The molecule has 0 aromatic carbocycles. The van der Waals surface area contributed by atoms with Crippen LogP contribution in [-0.4, -0.2) is 33.4 Å². The minimum Gasteiger partial charge on any atom is -0.289 e. The van der Waals surface area contributed by atoms with Gasteiger partial charge in [-0.2, -0.15) is 0 Å². The Kier molecular flexibility index (Phi) is 6.06. The molecule has 0 fully saturated rings. The summed E-state index contributed by atoms with van der Waals surface area (Å²) >= 11 is 11.5. The molecule has 8 nitrogen and oxygen atoms in total. The predicted molar refractivity (Wildman–Crippen MR) is 94.4 cm³/mol. The van der Waals surface area contributed by atoms with Crippen LogP contribution in [0, 0.1) is 0 Å². The number of hydrazine groups is 2. The highest BCUT2D eigenvalue weighted by Gasteiger charge is 2.24. The molecule has 0 bridgehead atoms. The van der Waals surface area contributed by atoms with Crippen molar-refractivity contribution in [1.29, 1.82) is 0 Å². The molecule has 2 amide bonds. The van der Waals surface area contributed by atoms with Gasteiger partial charge in [-0.1, -0.05) is 23.2 Å². The van der Waals surface area contributed by atoms with Crippen LogP contribution in [0.1, 0.15) is 0 Å². The molecule has 0 aromatic heterocycles. The second kappa shape index (κ2) is 8.07. The maximum Gasteiger partial charge on any atom is 0.331 e. The Morgan fingerprint density at radius 1 is 0.769 bits per heavy atom. The summed E-state index contributed by atoms with van der Waals surface area (Å²) in [4.78, 5) is 47.5. The smallest absolute Gasteiger partial charge is 0.289 e. The highest BCUT2D eigenvalue weighted by molar-refractivity contribution is 6.36. The average Bonchev–Trinajstić information content (AvgIpc) is 2.59. The van der Waals surface area contributed by atoms with Crippen LogP contribution in [0.3, 0.4) is 0 Å². The number of amides is 2. The summed E-state index contributed by atoms with van der Waals surface area (Å²) in [5.74, 6) is 7.63. The number of hydrogen-bond donors (Lipinski definition) is 2. The van der Waals surface area contributed by atoms with E-state index in [9.17, 15) is 19.2 Å². The molecule has 0 aliphatic heterocycles. The molecule has 2 aliphatic rings. The summed E-state index contributed by atoms with van der Waals surface area (Å²) in [6, 6.07) is 0. The van der Waals surface area contributed by atoms with Gasteiger partial charge in [0.05, 0.1) is 0 Å². The number of allylic oxidation sites excluding steroid dienone is 10. The average molecular weight is 395 g/mol. The molecular weight excluding hydrogens is 383 g/mol. The fraction of sp³-hybridized carbons (Fsp3) is 0. The quantitative estimate of drug-likeness (QED) is 0.233. The summed E-state index contributed by atoms with van der Waals surface area (Å²) < 4.78 is 0. The number of halogens is 2. The van der Waals surface area contributed by atoms with Crippen LogP contribution in [-0.2, 0) is 19.2 Å². The summed E-state index contributed by atoms with van der Waals surface area (Å²) in [5.41, 5.74) is 0.00998. The Morgan fingerprint density at radius 2 is 1.12 bits per heavy atom. The first-order valence-electron chi connectivity index (χ1n) is 6.98. The molecule has 10 heteroatoms. The van der Waals surface area contributed by atoms with Crippen LogP contribution in [0.2, 0.25) is 0 Å². The second-order valence-corrected chi connectivity index (χ2v) is 5.92. The number of ketones is 2. The number of nitrogens with two attached hydrogens (primary N) is 2. The van der Waals surface area contributed by atoms with Crippen molar-refractivity contribution in [2.24, 2.45) is 11.7 Å². The van der Waals surface area contributed by atoms with Crippen LogP contribution in [0.5, 0.6) is 0 Å². The van der Waals surface area contributed by atoms with E-state index in [0.29, 0.717) is 10.0 Å². The van der Waals surface area contributed by atoms with Gasteiger partial charge in [0, 0.05) is 33.6 Å². The van der Waals surface area contributed by atoms with Crippen molar-refractivity contribution in [3.63, 3.8) is 0 Å². The van der Waals surface area contributed by atoms with Crippen LogP contribution in [0.15, 0.2) is 70.1 Å². The van der Waals surface area contributed by atoms with Crippen LogP contribution < -0.4 is 11.7 Å². The molecule has 4 N–H and O–H groups in total. The third kappa shape index (κ3) is 4.64. The van der Waals surface area contributed by atoms with Gasteiger partial charge >= 0.3 is 11.8 Å². The number of carbonyl (C=O) groups excluding carboxylic acids is 4. The summed E-state index contributed by atoms with van der Waals surface area (Å²) in [5, 5.41) is 1.31.